The molecule has 28 heavy (non-hydrogen) atoms. The zero-order valence-corrected chi connectivity index (χ0v) is 16.6. The van der Waals surface area contributed by atoms with E-state index in [4.69, 9.17) is 4.74 Å². The number of ether oxygens (including phenoxy) is 1. The number of amides is 1. The van der Waals surface area contributed by atoms with E-state index in [0.717, 1.165) is 41.8 Å². The number of benzene rings is 1. The quantitative estimate of drug-likeness (QED) is 0.676. The van der Waals surface area contributed by atoms with Crippen LogP contribution in [-0.4, -0.2) is 33.7 Å². The van der Waals surface area contributed by atoms with Gasteiger partial charge < -0.3 is 19.6 Å². The average molecular weight is 380 g/mol. The number of imidazole rings is 1. The first-order valence-electron chi connectivity index (χ1n) is 10.0. The van der Waals surface area contributed by atoms with Crippen molar-refractivity contribution in [3.63, 3.8) is 0 Å². The Labute approximate surface area is 165 Å². The van der Waals surface area contributed by atoms with Crippen molar-refractivity contribution < 1.29 is 9.53 Å². The highest BCUT2D eigenvalue weighted by Crippen LogP contribution is 2.33. The summed E-state index contributed by atoms with van der Waals surface area (Å²) in [6, 6.07) is 9.87. The van der Waals surface area contributed by atoms with Crippen LogP contribution < -0.4 is 5.32 Å². The molecule has 6 nitrogen and oxygen atoms in total. The van der Waals surface area contributed by atoms with Crippen LogP contribution in [0.2, 0.25) is 0 Å². The Balaban J connectivity index is 1.49. The van der Waals surface area contributed by atoms with Crippen LogP contribution in [0.3, 0.4) is 0 Å². The summed E-state index contributed by atoms with van der Waals surface area (Å²) in [7, 11) is 0. The van der Waals surface area contributed by atoms with Crippen molar-refractivity contribution in [1.29, 1.82) is 0 Å². The van der Waals surface area contributed by atoms with Gasteiger partial charge in [0.25, 0.3) is 0 Å². The number of aromatic amines is 1. The molecule has 0 spiro atoms. The number of hydrogen-bond acceptors (Lipinski definition) is 3. The van der Waals surface area contributed by atoms with Crippen molar-refractivity contribution in [3.8, 4) is 0 Å². The third-order valence-electron chi connectivity index (χ3n) is 5.48. The molecule has 2 aromatic heterocycles. The van der Waals surface area contributed by atoms with E-state index in [1.54, 1.807) is 0 Å². The highest BCUT2D eigenvalue weighted by atomic mass is 16.5. The fourth-order valence-corrected chi connectivity index (χ4v) is 4.06. The molecule has 1 aliphatic heterocycles. The lowest BCUT2D eigenvalue weighted by atomic mass is 9.86. The minimum absolute atomic E-state index is 0.0249. The smallest absolute Gasteiger partial charge is 0.226 e. The van der Waals surface area contributed by atoms with Gasteiger partial charge in [0.1, 0.15) is 5.82 Å². The molecular weight excluding hydrogens is 352 g/mol. The maximum atomic E-state index is 12.9. The Morgan fingerprint density at radius 2 is 2.04 bits per heavy atom. The molecule has 3 aromatic rings. The van der Waals surface area contributed by atoms with Gasteiger partial charge in [-0.1, -0.05) is 13.8 Å². The second-order valence-electron chi connectivity index (χ2n) is 8.17. The topological polar surface area (TPSA) is 71.9 Å². The summed E-state index contributed by atoms with van der Waals surface area (Å²) < 4.78 is 7.72. The summed E-state index contributed by atoms with van der Waals surface area (Å²) in [5.41, 5.74) is 2.47. The number of hydrogen-bond donors (Lipinski definition) is 2. The van der Waals surface area contributed by atoms with E-state index in [1.165, 1.54) is 0 Å². The fourth-order valence-electron chi connectivity index (χ4n) is 4.06. The van der Waals surface area contributed by atoms with Gasteiger partial charge in [-0.3, -0.25) is 4.79 Å². The molecule has 6 heteroatoms. The van der Waals surface area contributed by atoms with Crippen LogP contribution in [0.5, 0.6) is 0 Å². The number of H-pyrrole nitrogens is 1. The van der Waals surface area contributed by atoms with Gasteiger partial charge in [0.15, 0.2) is 0 Å². The van der Waals surface area contributed by atoms with Crippen molar-refractivity contribution in [2.24, 2.45) is 5.92 Å². The first kappa shape index (κ1) is 18.7. The number of carbonyl (C=O) groups excluding carboxylic acids is 1. The SMILES string of the molecule is CC(C)Cc1nc2ccc(NC(=O)CC3(n4cccc4)CCOCC3)cc2[nH]1. The summed E-state index contributed by atoms with van der Waals surface area (Å²) >= 11 is 0. The van der Waals surface area contributed by atoms with Crippen LogP contribution in [0.4, 0.5) is 5.69 Å². The fraction of sp³-hybridized carbons (Fsp3) is 0.455. The third-order valence-corrected chi connectivity index (χ3v) is 5.48. The summed E-state index contributed by atoms with van der Waals surface area (Å²) in [6.45, 7) is 5.72. The van der Waals surface area contributed by atoms with Crippen LogP contribution in [0.25, 0.3) is 11.0 Å². The molecule has 2 N–H and O–H groups in total. The van der Waals surface area contributed by atoms with Crippen molar-refractivity contribution in [3.05, 3.63) is 48.5 Å². The zero-order valence-electron chi connectivity index (χ0n) is 16.6. The van der Waals surface area contributed by atoms with Gasteiger partial charge in [0, 0.05) is 37.7 Å². The minimum atomic E-state index is -0.214. The highest BCUT2D eigenvalue weighted by Gasteiger charge is 2.36. The molecule has 0 bridgehead atoms. The molecule has 148 valence electrons. The minimum Gasteiger partial charge on any atom is -0.381 e. The van der Waals surface area contributed by atoms with Gasteiger partial charge in [-0.25, -0.2) is 4.98 Å². The average Bonchev–Trinajstić information content (AvgIpc) is 3.31. The lowest BCUT2D eigenvalue weighted by Crippen LogP contribution is -2.42. The van der Waals surface area contributed by atoms with Crippen LogP contribution in [-0.2, 0) is 21.5 Å². The summed E-state index contributed by atoms with van der Waals surface area (Å²) in [5.74, 6) is 1.56. The van der Waals surface area contributed by atoms with Gasteiger partial charge in [-0.05, 0) is 49.1 Å². The van der Waals surface area contributed by atoms with E-state index in [9.17, 15) is 4.79 Å². The molecule has 0 saturated carbocycles. The Morgan fingerprint density at radius 3 is 2.75 bits per heavy atom. The molecule has 1 fully saturated rings. The molecule has 0 unspecified atom stereocenters. The van der Waals surface area contributed by atoms with Gasteiger partial charge >= 0.3 is 0 Å². The summed E-state index contributed by atoms with van der Waals surface area (Å²) in [6.07, 6.45) is 7.12. The van der Waals surface area contributed by atoms with Crippen molar-refractivity contribution in [1.82, 2.24) is 14.5 Å². The van der Waals surface area contributed by atoms with E-state index >= 15 is 0 Å². The van der Waals surface area contributed by atoms with Gasteiger partial charge in [0.05, 0.1) is 23.0 Å². The van der Waals surface area contributed by atoms with E-state index in [1.807, 2.05) is 42.7 Å². The number of fused-ring (bicyclic) bond motifs is 1. The predicted octanol–water partition coefficient (Wildman–Crippen LogP) is 4.10. The van der Waals surface area contributed by atoms with Crippen LogP contribution in [0.15, 0.2) is 42.7 Å². The van der Waals surface area contributed by atoms with E-state index < -0.39 is 0 Å². The molecule has 1 aromatic carbocycles. The van der Waals surface area contributed by atoms with Gasteiger partial charge in [-0.15, -0.1) is 0 Å². The molecule has 4 rings (SSSR count). The predicted molar refractivity (Wildman–Crippen MR) is 110 cm³/mol. The monoisotopic (exact) mass is 380 g/mol. The molecule has 3 heterocycles. The molecule has 0 atom stereocenters. The molecule has 1 saturated heterocycles. The number of carbonyl (C=O) groups is 1. The second kappa shape index (κ2) is 7.80. The number of aromatic nitrogens is 3. The third kappa shape index (κ3) is 3.97. The first-order chi connectivity index (χ1) is 13.5. The first-order valence-corrected chi connectivity index (χ1v) is 10.0. The number of anilines is 1. The van der Waals surface area contributed by atoms with Gasteiger partial charge in [-0.2, -0.15) is 0 Å². The normalized spacial score (nSPS) is 16.5. The second-order valence-corrected chi connectivity index (χ2v) is 8.17. The maximum Gasteiger partial charge on any atom is 0.226 e. The molecular formula is C22H28N4O2. The van der Waals surface area contributed by atoms with E-state index in [2.05, 4.69) is 33.7 Å². The molecule has 0 radical (unpaired) electrons. The van der Waals surface area contributed by atoms with Crippen molar-refractivity contribution in [2.45, 2.75) is 45.1 Å². The Hall–Kier alpha value is -2.60. The zero-order chi connectivity index (χ0) is 19.6. The van der Waals surface area contributed by atoms with Crippen LogP contribution >= 0.6 is 0 Å². The number of nitrogens with zero attached hydrogens (tertiary/aromatic N) is 2. The Morgan fingerprint density at radius 1 is 1.29 bits per heavy atom. The lowest BCUT2D eigenvalue weighted by molar-refractivity contribution is -0.119. The highest BCUT2D eigenvalue weighted by molar-refractivity contribution is 5.93. The molecule has 0 aliphatic carbocycles. The number of nitrogens with one attached hydrogen (secondary N) is 2. The largest absolute Gasteiger partial charge is 0.381 e. The van der Waals surface area contributed by atoms with Crippen molar-refractivity contribution in [2.75, 3.05) is 18.5 Å². The lowest BCUT2D eigenvalue weighted by Gasteiger charge is -2.38. The number of rotatable bonds is 6. The maximum absolute atomic E-state index is 12.9. The van der Waals surface area contributed by atoms with E-state index in [0.29, 0.717) is 25.6 Å². The van der Waals surface area contributed by atoms with E-state index in [-0.39, 0.29) is 11.4 Å². The molecule has 1 aliphatic rings. The summed E-state index contributed by atoms with van der Waals surface area (Å²) in [4.78, 5) is 20.9. The molecule has 1 amide bonds. The standard InChI is InChI=1S/C22H28N4O2/c1-16(2)13-20-24-18-6-5-17(14-19(18)25-20)23-21(27)15-22(7-11-28-12-8-22)26-9-3-4-10-26/h3-6,9-10,14,16H,7-8,11-13,15H2,1-2H3,(H,23,27)(H,24,25). The summed E-state index contributed by atoms with van der Waals surface area (Å²) in [5, 5.41) is 3.08. The van der Waals surface area contributed by atoms with Gasteiger partial charge in [0.2, 0.25) is 5.91 Å². The van der Waals surface area contributed by atoms with Crippen LogP contribution in [0, 0.1) is 5.92 Å². The Bertz CT molecular complexity index is 937. The van der Waals surface area contributed by atoms with Crippen LogP contribution in [0.1, 0.15) is 38.9 Å². The Kier molecular flexibility index (Phi) is 5.22. The van der Waals surface area contributed by atoms with Crippen molar-refractivity contribution >= 4 is 22.6 Å².